The van der Waals surface area contributed by atoms with Crippen LogP contribution in [0.25, 0.3) is 0 Å². The van der Waals surface area contributed by atoms with Gasteiger partial charge in [0.25, 0.3) is 0 Å². The molecular weight excluding hydrogens is 258 g/mol. The fraction of sp³-hybridized carbons (Fsp3) is 0.429. The second kappa shape index (κ2) is 8.29. The molecule has 0 radical (unpaired) electrons. The molecule has 1 rings (SSSR count). The third-order valence-corrected chi connectivity index (χ3v) is 2.86. The molecule has 0 spiro atoms. The third kappa shape index (κ3) is 5.38. The molecule has 0 bridgehead atoms. The van der Waals surface area contributed by atoms with Gasteiger partial charge in [0, 0.05) is 5.56 Å². The normalized spacial score (nSPS) is 11.9. The van der Waals surface area contributed by atoms with Gasteiger partial charge in [0.2, 0.25) is 5.91 Å². The number of unbranched alkanes of at least 4 members (excludes halogenated alkanes) is 2. The summed E-state index contributed by atoms with van der Waals surface area (Å²) >= 11 is 0. The van der Waals surface area contributed by atoms with Crippen LogP contribution in [0.5, 0.6) is 0 Å². The summed E-state index contributed by atoms with van der Waals surface area (Å²) in [6.07, 6.45) is 2.75. The molecule has 6 heteroatoms. The van der Waals surface area contributed by atoms with E-state index in [0.717, 1.165) is 19.3 Å². The molecule has 1 aromatic rings. The minimum Gasteiger partial charge on any atom is -0.443 e. The number of carbonyl (C=O) groups excluding carboxylic acids is 2. The van der Waals surface area contributed by atoms with Crippen LogP contribution in [-0.4, -0.2) is 24.6 Å². The number of esters is 1. The lowest BCUT2D eigenvalue weighted by Crippen LogP contribution is -2.27. The number of hydrogen-bond donors (Lipinski definition) is 3. The Morgan fingerprint density at radius 3 is 2.20 bits per heavy atom. The molecule has 1 amide bonds. The first kappa shape index (κ1) is 16.1. The van der Waals surface area contributed by atoms with Gasteiger partial charge in [-0.15, -0.1) is 0 Å². The van der Waals surface area contributed by atoms with Crippen molar-refractivity contribution < 1.29 is 14.3 Å². The van der Waals surface area contributed by atoms with E-state index in [1.807, 2.05) is 0 Å². The predicted molar refractivity (Wildman–Crippen MR) is 75.9 cm³/mol. The summed E-state index contributed by atoms with van der Waals surface area (Å²) in [6.45, 7) is 0.654. The average molecular weight is 279 g/mol. The highest BCUT2D eigenvalue weighted by molar-refractivity contribution is 5.95. The molecule has 6 nitrogen and oxygen atoms in total. The fourth-order valence-corrected chi connectivity index (χ4v) is 1.70. The van der Waals surface area contributed by atoms with E-state index >= 15 is 0 Å². The summed E-state index contributed by atoms with van der Waals surface area (Å²) in [7, 11) is 0. The standard InChI is InChI=1S/C14H21N3O3/c15-9-3-1-2-4-12(16)20-14(19)11-7-5-10(6-8-11)13(17)18/h5-8,12H,1-4,9,15-16H2,(H2,17,18). The monoisotopic (exact) mass is 279 g/mol. The lowest BCUT2D eigenvalue weighted by atomic mass is 10.1. The number of rotatable bonds is 8. The molecular formula is C14H21N3O3. The van der Waals surface area contributed by atoms with E-state index in [4.69, 9.17) is 21.9 Å². The first-order chi connectivity index (χ1) is 9.54. The number of hydrogen-bond acceptors (Lipinski definition) is 5. The maximum Gasteiger partial charge on any atom is 0.339 e. The summed E-state index contributed by atoms with van der Waals surface area (Å²) in [6, 6.07) is 5.94. The number of ether oxygens (including phenoxy) is 1. The Morgan fingerprint density at radius 1 is 1.05 bits per heavy atom. The van der Waals surface area contributed by atoms with Crippen molar-refractivity contribution in [3.05, 3.63) is 35.4 Å². The van der Waals surface area contributed by atoms with Gasteiger partial charge in [0.05, 0.1) is 5.56 Å². The molecule has 1 aromatic carbocycles. The highest BCUT2D eigenvalue weighted by atomic mass is 16.6. The molecule has 110 valence electrons. The van der Waals surface area contributed by atoms with Crippen LogP contribution in [0, 0.1) is 0 Å². The number of benzene rings is 1. The van der Waals surface area contributed by atoms with Gasteiger partial charge >= 0.3 is 5.97 Å². The maximum atomic E-state index is 11.8. The van der Waals surface area contributed by atoms with Crippen LogP contribution in [-0.2, 0) is 4.74 Å². The number of nitrogens with two attached hydrogens (primary N) is 3. The zero-order valence-electron chi connectivity index (χ0n) is 11.4. The van der Waals surface area contributed by atoms with Crippen molar-refractivity contribution in [3.8, 4) is 0 Å². The first-order valence-corrected chi connectivity index (χ1v) is 6.61. The summed E-state index contributed by atoms with van der Waals surface area (Å²) in [5.74, 6) is -1.05. The Kier molecular flexibility index (Phi) is 6.69. The molecule has 0 aliphatic heterocycles. The molecule has 1 unspecified atom stereocenters. The Morgan fingerprint density at radius 2 is 1.65 bits per heavy atom. The summed E-state index contributed by atoms with van der Waals surface area (Å²) in [5, 5.41) is 0. The van der Waals surface area contributed by atoms with Gasteiger partial charge in [-0.2, -0.15) is 0 Å². The van der Waals surface area contributed by atoms with E-state index in [1.165, 1.54) is 24.3 Å². The molecule has 0 fully saturated rings. The van der Waals surface area contributed by atoms with Crippen molar-refractivity contribution >= 4 is 11.9 Å². The van der Waals surface area contributed by atoms with Crippen molar-refractivity contribution in [1.82, 2.24) is 0 Å². The first-order valence-electron chi connectivity index (χ1n) is 6.61. The van der Waals surface area contributed by atoms with Crippen LogP contribution in [0.2, 0.25) is 0 Å². The van der Waals surface area contributed by atoms with Crippen molar-refractivity contribution in [3.63, 3.8) is 0 Å². The van der Waals surface area contributed by atoms with Gasteiger partial charge < -0.3 is 16.2 Å². The topological polar surface area (TPSA) is 121 Å². The molecule has 0 aromatic heterocycles. The van der Waals surface area contributed by atoms with Gasteiger partial charge in [0.15, 0.2) is 6.23 Å². The van der Waals surface area contributed by atoms with Gasteiger partial charge in [-0.05, 0) is 50.1 Å². The summed E-state index contributed by atoms with van der Waals surface area (Å²) < 4.78 is 5.11. The van der Waals surface area contributed by atoms with Crippen LogP contribution in [0.1, 0.15) is 46.4 Å². The molecule has 0 saturated heterocycles. The quantitative estimate of drug-likeness (QED) is 0.368. The number of carbonyl (C=O) groups is 2. The molecule has 6 N–H and O–H groups in total. The van der Waals surface area contributed by atoms with Crippen LogP contribution in [0.4, 0.5) is 0 Å². The van der Waals surface area contributed by atoms with Crippen molar-refractivity contribution in [2.45, 2.75) is 31.9 Å². The van der Waals surface area contributed by atoms with E-state index in [2.05, 4.69) is 0 Å². The number of primary amides is 1. The lowest BCUT2D eigenvalue weighted by molar-refractivity contribution is 0.0292. The Balaban J connectivity index is 2.43. The van der Waals surface area contributed by atoms with Gasteiger partial charge in [-0.25, -0.2) is 4.79 Å². The molecule has 1 atom stereocenters. The maximum absolute atomic E-state index is 11.8. The van der Waals surface area contributed by atoms with E-state index in [9.17, 15) is 9.59 Å². The van der Waals surface area contributed by atoms with Gasteiger partial charge in [-0.3, -0.25) is 10.5 Å². The van der Waals surface area contributed by atoms with Crippen molar-refractivity contribution in [2.75, 3.05) is 6.54 Å². The Hall–Kier alpha value is -1.92. The fourth-order valence-electron chi connectivity index (χ4n) is 1.70. The van der Waals surface area contributed by atoms with Crippen LogP contribution in [0.3, 0.4) is 0 Å². The second-order valence-corrected chi connectivity index (χ2v) is 4.52. The third-order valence-electron chi connectivity index (χ3n) is 2.86. The second-order valence-electron chi connectivity index (χ2n) is 4.52. The van der Waals surface area contributed by atoms with Crippen LogP contribution >= 0.6 is 0 Å². The minimum atomic E-state index is -0.629. The predicted octanol–water partition coefficient (Wildman–Crippen LogP) is 0.746. The highest BCUT2D eigenvalue weighted by Gasteiger charge is 2.12. The largest absolute Gasteiger partial charge is 0.443 e. The van der Waals surface area contributed by atoms with Crippen molar-refractivity contribution in [1.29, 1.82) is 0 Å². The smallest absolute Gasteiger partial charge is 0.339 e. The average Bonchev–Trinajstić information content (AvgIpc) is 2.43. The van der Waals surface area contributed by atoms with E-state index in [1.54, 1.807) is 0 Å². The lowest BCUT2D eigenvalue weighted by Gasteiger charge is -2.13. The van der Waals surface area contributed by atoms with E-state index in [-0.39, 0.29) is 0 Å². The summed E-state index contributed by atoms with van der Waals surface area (Å²) in [4.78, 5) is 22.7. The molecule has 0 aliphatic rings. The zero-order valence-corrected chi connectivity index (χ0v) is 11.4. The zero-order chi connectivity index (χ0) is 15.0. The molecule has 0 heterocycles. The van der Waals surface area contributed by atoms with E-state index in [0.29, 0.717) is 24.1 Å². The van der Waals surface area contributed by atoms with Crippen molar-refractivity contribution in [2.24, 2.45) is 17.2 Å². The van der Waals surface area contributed by atoms with Crippen LogP contribution < -0.4 is 17.2 Å². The molecule has 0 saturated carbocycles. The van der Waals surface area contributed by atoms with Gasteiger partial charge in [-0.1, -0.05) is 6.42 Å². The Labute approximate surface area is 118 Å². The summed E-state index contributed by atoms with van der Waals surface area (Å²) in [5.41, 5.74) is 16.9. The molecule has 20 heavy (non-hydrogen) atoms. The van der Waals surface area contributed by atoms with Crippen LogP contribution in [0.15, 0.2) is 24.3 Å². The Bertz CT molecular complexity index is 445. The SMILES string of the molecule is NCCCCCC(N)OC(=O)c1ccc(C(N)=O)cc1. The number of amides is 1. The highest BCUT2D eigenvalue weighted by Crippen LogP contribution is 2.09. The molecule has 0 aliphatic carbocycles. The van der Waals surface area contributed by atoms with E-state index < -0.39 is 18.1 Å². The van der Waals surface area contributed by atoms with Gasteiger partial charge in [0.1, 0.15) is 0 Å². The minimum absolute atomic E-state index is 0.340.